The maximum absolute atomic E-state index is 5.96. The summed E-state index contributed by atoms with van der Waals surface area (Å²) < 4.78 is 0. The van der Waals surface area contributed by atoms with Crippen LogP contribution in [0.15, 0.2) is 12.2 Å². The van der Waals surface area contributed by atoms with Crippen LogP contribution in [0.3, 0.4) is 0 Å². The normalized spacial score (nSPS) is 46.4. The highest BCUT2D eigenvalue weighted by molar-refractivity contribution is 5.11. The molecule has 0 aliphatic heterocycles. The van der Waals surface area contributed by atoms with Crippen LogP contribution >= 0.6 is 0 Å². The fourth-order valence-electron chi connectivity index (χ4n) is 4.18. The molecule has 17 heavy (non-hydrogen) atoms. The van der Waals surface area contributed by atoms with E-state index in [1.165, 1.54) is 38.5 Å². The molecule has 3 aliphatic carbocycles. The van der Waals surface area contributed by atoms with Crippen molar-refractivity contribution < 1.29 is 0 Å². The van der Waals surface area contributed by atoms with Crippen molar-refractivity contribution in [3.63, 3.8) is 0 Å². The molecule has 0 aromatic carbocycles. The predicted octanol–water partition coefficient (Wildman–Crippen LogP) is 2.45. The van der Waals surface area contributed by atoms with Crippen LogP contribution in [0.25, 0.3) is 0 Å². The number of nitrogens with two attached hydrogens (primary N) is 1. The van der Waals surface area contributed by atoms with E-state index < -0.39 is 0 Å². The Bertz CT molecular complexity index is 291. The van der Waals surface area contributed by atoms with Gasteiger partial charge in [0.25, 0.3) is 0 Å². The van der Waals surface area contributed by atoms with Crippen molar-refractivity contribution in [1.29, 1.82) is 0 Å². The van der Waals surface area contributed by atoms with E-state index in [9.17, 15) is 0 Å². The molecule has 4 unspecified atom stereocenters. The van der Waals surface area contributed by atoms with E-state index in [4.69, 9.17) is 5.73 Å². The largest absolute Gasteiger partial charge is 0.328 e. The van der Waals surface area contributed by atoms with Gasteiger partial charge in [-0.3, -0.25) is 0 Å². The number of hydrogen-bond acceptors (Lipinski definition) is 2. The second kappa shape index (κ2) is 4.74. The van der Waals surface area contributed by atoms with E-state index in [0.717, 1.165) is 23.8 Å². The number of rotatable bonds is 3. The summed E-state index contributed by atoms with van der Waals surface area (Å²) in [6.45, 7) is 2.40. The van der Waals surface area contributed by atoms with Gasteiger partial charge < -0.3 is 11.1 Å². The van der Waals surface area contributed by atoms with Gasteiger partial charge in [0.15, 0.2) is 0 Å². The Labute approximate surface area is 105 Å². The Kier molecular flexibility index (Phi) is 3.27. The number of nitrogens with one attached hydrogen (secondary N) is 1. The molecule has 2 fully saturated rings. The monoisotopic (exact) mass is 234 g/mol. The average Bonchev–Trinajstić information content (AvgIpc) is 2.94. The molecule has 3 N–H and O–H groups in total. The van der Waals surface area contributed by atoms with Crippen molar-refractivity contribution in [3.8, 4) is 0 Å². The molecule has 0 radical (unpaired) electrons. The zero-order valence-electron chi connectivity index (χ0n) is 10.9. The van der Waals surface area contributed by atoms with Crippen LogP contribution in [0.2, 0.25) is 0 Å². The Morgan fingerprint density at radius 1 is 1.12 bits per heavy atom. The predicted molar refractivity (Wildman–Crippen MR) is 71.7 cm³/mol. The van der Waals surface area contributed by atoms with E-state index in [2.05, 4.69) is 24.4 Å². The summed E-state index contributed by atoms with van der Waals surface area (Å²) in [5.41, 5.74) is 5.96. The third kappa shape index (κ3) is 2.43. The molecule has 0 aromatic heterocycles. The summed E-state index contributed by atoms with van der Waals surface area (Å²) in [7, 11) is 0. The number of allylic oxidation sites excluding steroid dienone is 2. The van der Waals surface area contributed by atoms with Gasteiger partial charge in [-0.05, 0) is 63.2 Å². The molecule has 2 saturated carbocycles. The minimum absolute atomic E-state index is 0.466. The first-order chi connectivity index (χ1) is 8.22. The molecular formula is C15H26N2. The van der Waals surface area contributed by atoms with Crippen LogP contribution in [0.4, 0.5) is 0 Å². The fraction of sp³-hybridized carbons (Fsp3) is 0.867. The van der Waals surface area contributed by atoms with Crippen molar-refractivity contribution in [2.45, 2.75) is 63.6 Å². The molecule has 0 spiro atoms. The number of hydrogen-bond donors (Lipinski definition) is 2. The molecule has 2 nitrogen and oxygen atoms in total. The summed E-state index contributed by atoms with van der Waals surface area (Å²) >= 11 is 0. The maximum Gasteiger partial charge on any atom is 0.00754 e. The first-order valence-corrected chi connectivity index (χ1v) is 7.42. The first-order valence-electron chi connectivity index (χ1n) is 7.42. The summed E-state index contributed by atoms with van der Waals surface area (Å²) in [5.74, 6) is 2.66. The highest BCUT2D eigenvalue weighted by atomic mass is 15.0. The Morgan fingerprint density at radius 3 is 2.47 bits per heavy atom. The van der Waals surface area contributed by atoms with Gasteiger partial charge in [-0.2, -0.15) is 0 Å². The van der Waals surface area contributed by atoms with Gasteiger partial charge >= 0.3 is 0 Å². The van der Waals surface area contributed by atoms with Crippen LogP contribution in [-0.4, -0.2) is 18.1 Å². The lowest BCUT2D eigenvalue weighted by Crippen LogP contribution is -2.45. The molecule has 0 heterocycles. The molecule has 3 rings (SSSR count). The summed E-state index contributed by atoms with van der Waals surface area (Å²) in [6, 6.07) is 1.89. The third-order valence-electron chi connectivity index (χ3n) is 5.24. The zero-order valence-corrected chi connectivity index (χ0v) is 10.9. The van der Waals surface area contributed by atoms with E-state index in [-0.39, 0.29) is 0 Å². The lowest BCUT2D eigenvalue weighted by atomic mass is 9.85. The van der Waals surface area contributed by atoms with Gasteiger partial charge in [-0.25, -0.2) is 0 Å². The zero-order chi connectivity index (χ0) is 11.8. The van der Waals surface area contributed by atoms with Crippen LogP contribution in [-0.2, 0) is 0 Å². The Hall–Kier alpha value is -0.340. The van der Waals surface area contributed by atoms with Crippen LogP contribution in [0, 0.1) is 17.8 Å². The lowest BCUT2D eigenvalue weighted by Gasteiger charge is -2.33. The topological polar surface area (TPSA) is 38.0 Å². The van der Waals surface area contributed by atoms with Crippen LogP contribution in [0.5, 0.6) is 0 Å². The smallest absolute Gasteiger partial charge is 0.00754 e. The minimum Gasteiger partial charge on any atom is -0.328 e. The van der Waals surface area contributed by atoms with Crippen molar-refractivity contribution in [1.82, 2.24) is 5.32 Å². The first kappa shape index (κ1) is 11.7. The molecule has 3 aliphatic rings. The second-order valence-corrected chi connectivity index (χ2v) is 6.51. The third-order valence-corrected chi connectivity index (χ3v) is 5.24. The van der Waals surface area contributed by atoms with Crippen molar-refractivity contribution in [2.75, 3.05) is 0 Å². The molecule has 96 valence electrons. The van der Waals surface area contributed by atoms with Gasteiger partial charge in [-0.15, -0.1) is 0 Å². The minimum atomic E-state index is 0.466. The van der Waals surface area contributed by atoms with Gasteiger partial charge in [-0.1, -0.05) is 12.2 Å². The lowest BCUT2D eigenvalue weighted by molar-refractivity contribution is 0.259. The average molecular weight is 234 g/mol. The van der Waals surface area contributed by atoms with Gasteiger partial charge in [0.2, 0.25) is 0 Å². The Morgan fingerprint density at radius 2 is 1.88 bits per heavy atom. The van der Waals surface area contributed by atoms with E-state index in [0.29, 0.717) is 12.1 Å². The van der Waals surface area contributed by atoms with Gasteiger partial charge in [0, 0.05) is 18.1 Å². The maximum atomic E-state index is 5.96. The van der Waals surface area contributed by atoms with Crippen molar-refractivity contribution >= 4 is 0 Å². The highest BCUT2D eigenvalue weighted by Gasteiger charge is 2.38. The van der Waals surface area contributed by atoms with E-state index in [1.807, 2.05) is 0 Å². The molecule has 0 amide bonds. The summed E-state index contributed by atoms with van der Waals surface area (Å²) in [5, 5.41) is 3.88. The fourth-order valence-corrected chi connectivity index (χ4v) is 4.18. The highest BCUT2D eigenvalue weighted by Crippen LogP contribution is 2.45. The number of fused-ring (bicyclic) bond motifs is 2. The van der Waals surface area contributed by atoms with Crippen LogP contribution in [0.1, 0.15) is 45.4 Å². The molecule has 2 heteroatoms. The molecule has 0 aromatic rings. The van der Waals surface area contributed by atoms with E-state index >= 15 is 0 Å². The van der Waals surface area contributed by atoms with Crippen LogP contribution < -0.4 is 11.1 Å². The SMILES string of the molecule is CC(NC1CCC(N)CC1)C1CC2C=CC1C2. The summed E-state index contributed by atoms with van der Waals surface area (Å²) in [6.07, 6.45) is 12.7. The molecule has 0 saturated heterocycles. The van der Waals surface area contributed by atoms with Crippen molar-refractivity contribution in [3.05, 3.63) is 12.2 Å². The Balaban J connectivity index is 1.50. The summed E-state index contributed by atoms with van der Waals surface area (Å²) in [4.78, 5) is 0. The van der Waals surface area contributed by atoms with E-state index in [1.54, 1.807) is 0 Å². The second-order valence-electron chi connectivity index (χ2n) is 6.51. The quantitative estimate of drug-likeness (QED) is 0.736. The standard InChI is InChI=1S/C15H26N2/c1-10(15-9-11-2-3-12(15)8-11)17-14-6-4-13(16)5-7-14/h2-3,10-15,17H,4-9,16H2,1H3. The van der Waals surface area contributed by atoms with Gasteiger partial charge in [0.05, 0.1) is 0 Å². The molecule has 4 atom stereocenters. The van der Waals surface area contributed by atoms with Crippen molar-refractivity contribution in [2.24, 2.45) is 23.5 Å². The van der Waals surface area contributed by atoms with Gasteiger partial charge in [0.1, 0.15) is 0 Å². The molecular weight excluding hydrogens is 208 g/mol. The molecule has 2 bridgehead atoms.